The van der Waals surface area contributed by atoms with Crippen LogP contribution in [-0.4, -0.2) is 48.3 Å². The van der Waals surface area contributed by atoms with E-state index in [4.69, 9.17) is 4.74 Å². The van der Waals surface area contributed by atoms with Crippen molar-refractivity contribution in [2.24, 2.45) is 0 Å². The number of hydrogen-bond acceptors (Lipinski definition) is 6. The van der Waals surface area contributed by atoms with E-state index in [9.17, 15) is 13.2 Å². The summed E-state index contributed by atoms with van der Waals surface area (Å²) in [6, 6.07) is 6.29. The monoisotopic (exact) mass is 419 g/mol. The van der Waals surface area contributed by atoms with Crippen LogP contribution < -0.4 is 10.3 Å². The summed E-state index contributed by atoms with van der Waals surface area (Å²) < 4.78 is 33.9. The quantitative estimate of drug-likeness (QED) is 0.508. The van der Waals surface area contributed by atoms with Crippen LogP contribution in [0.4, 0.5) is 0 Å². The van der Waals surface area contributed by atoms with Crippen molar-refractivity contribution in [3.63, 3.8) is 0 Å². The molecule has 2 heterocycles. The fourth-order valence-corrected chi connectivity index (χ4v) is 4.13. The fourth-order valence-electron chi connectivity index (χ4n) is 3.07. The van der Waals surface area contributed by atoms with Crippen molar-refractivity contribution in [3.05, 3.63) is 46.1 Å². The van der Waals surface area contributed by atoms with E-state index in [1.807, 2.05) is 13.8 Å². The Balaban J connectivity index is 2.07. The number of aromatic amines is 1. The van der Waals surface area contributed by atoms with Gasteiger partial charge in [-0.2, -0.15) is 0 Å². The molecule has 1 aromatic carbocycles. The van der Waals surface area contributed by atoms with Gasteiger partial charge in [0.1, 0.15) is 5.82 Å². The third-order valence-corrected chi connectivity index (χ3v) is 5.92. The molecule has 2 N–H and O–H groups in total. The summed E-state index contributed by atoms with van der Waals surface area (Å²) >= 11 is 0. The summed E-state index contributed by atoms with van der Waals surface area (Å²) in [5.74, 6) is 1.01. The van der Waals surface area contributed by atoms with Crippen molar-refractivity contribution in [1.29, 1.82) is 0 Å². The van der Waals surface area contributed by atoms with E-state index in [0.717, 1.165) is 12.2 Å². The second kappa shape index (κ2) is 8.85. The maximum atomic E-state index is 12.7. The first-order valence-corrected chi connectivity index (χ1v) is 11.0. The number of aromatic nitrogens is 4. The Morgan fingerprint density at radius 1 is 1.28 bits per heavy atom. The van der Waals surface area contributed by atoms with E-state index < -0.39 is 10.0 Å². The van der Waals surface area contributed by atoms with Gasteiger partial charge in [-0.1, -0.05) is 26.0 Å². The van der Waals surface area contributed by atoms with Gasteiger partial charge in [-0.3, -0.25) is 4.79 Å². The van der Waals surface area contributed by atoms with Crippen molar-refractivity contribution in [3.8, 4) is 11.4 Å². The SMILES string of the molecule is CCCc1nc(CC)c2c(=O)[nH]c(-c3cccc(S(=O)(=O)NCCOC)c3)nn12. The van der Waals surface area contributed by atoms with Gasteiger partial charge in [0.05, 0.1) is 17.2 Å². The van der Waals surface area contributed by atoms with Crippen molar-refractivity contribution >= 4 is 15.5 Å². The largest absolute Gasteiger partial charge is 0.383 e. The minimum atomic E-state index is -3.70. The fraction of sp³-hybridized carbons (Fsp3) is 0.421. The predicted molar refractivity (Wildman–Crippen MR) is 109 cm³/mol. The van der Waals surface area contributed by atoms with Crippen molar-refractivity contribution in [2.75, 3.05) is 20.3 Å². The Morgan fingerprint density at radius 3 is 2.76 bits per heavy atom. The minimum absolute atomic E-state index is 0.0857. The molecular formula is C19H25N5O4S. The Labute approximate surface area is 169 Å². The van der Waals surface area contributed by atoms with Gasteiger partial charge in [0.2, 0.25) is 10.0 Å². The smallest absolute Gasteiger partial charge is 0.277 e. The van der Waals surface area contributed by atoms with Crippen LogP contribution in [0.15, 0.2) is 34.0 Å². The maximum absolute atomic E-state index is 12.7. The number of nitrogens with zero attached hydrogens (tertiary/aromatic N) is 3. The maximum Gasteiger partial charge on any atom is 0.277 e. The van der Waals surface area contributed by atoms with Crippen LogP contribution in [0.2, 0.25) is 0 Å². The number of sulfonamides is 1. The highest BCUT2D eigenvalue weighted by Gasteiger charge is 2.18. The number of hydrogen-bond donors (Lipinski definition) is 2. The Kier molecular flexibility index (Phi) is 6.46. The van der Waals surface area contributed by atoms with Gasteiger partial charge in [-0.05, 0) is 25.0 Å². The molecule has 0 radical (unpaired) electrons. The number of rotatable bonds is 9. The molecule has 29 heavy (non-hydrogen) atoms. The lowest BCUT2D eigenvalue weighted by molar-refractivity contribution is 0.204. The molecule has 0 amide bonds. The van der Waals surface area contributed by atoms with Gasteiger partial charge in [0.25, 0.3) is 5.56 Å². The Morgan fingerprint density at radius 2 is 2.07 bits per heavy atom. The second-order valence-electron chi connectivity index (χ2n) is 6.56. The summed E-state index contributed by atoms with van der Waals surface area (Å²) in [5.41, 5.74) is 1.33. The molecule has 0 saturated carbocycles. The predicted octanol–water partition coefficient (Wildman–Crippen LogP) is 1.52. The molecule has 0 unspecified atom stereocenters. The molecule has 156 valence electrons. The summed E-state index contributed by atoms with van der Waals surface area (Å²) in [7, 11) is -2.20. The molecule has 3 aromatic rings. The third kappa shape index (κ3) is 4.39. The number of ether oxygens (including phenoxy) is 1. The molecule has 2 aromatic heterocycles. The minimum Gasteiger partial charge on any atom is -0.383 e. The number of fused-ring (bicyclic) bond motifs is 1. The van der Waals surface area contributed by atoms with Crippen LogP contribution in [0.5, 0.6) is 0 Å². The Hall–Kier alpha value is -2.56. The highest BCUT2D eigenvalue weighted by molar-refractivity contribution is 7.89. The number of nitrogens with one attached hydrogen (secondary N) is 2. The van der Waals surface area contributed by atoms with Crippen LogP contribution in [0.25, 0.3) is 16.9 Å². The summed E-state index contributed by atoms with van der Waals surface area (Å²) in [5, 5.41) is 4.56. The van der Waals surface area contributed by atoms with Crippen LogP contribution in [0.3, 0.4) is 0 Å². The van der Waals surface area contributed by atoms with E-state index in [0.29, 0.717) is 29.6 Å². The van der Waals surface area contributed by atoms with Crippen molar-refractivity contribution < 1.29 is 13.2 Å². The lowest BCUT2D eigenvalue weighted by Crippen LogP contribution is -2.27. The van der Waals surface area contributed by atoms with E-state index >= 15 is 0 Å². The molecular weight excluding hydrogens is 394 g/mol. The van der Waals surface area contributed by atoms with Crippen molar-refractivity contribution in [1.82, 2.24) is 24.3 Å². The second-order valence-corrected chi connectivity index (χ2v) is 8.33. The van der Waals surface area contributed by atoms with E-state index in [1.54, 1.807) is 16.6 Å². The van der Waals surface area contributed by atoms with Gasteiger partial charge in [0.15, 0.2) is 11.3 Å². The molecule has 0 spiro atoms. The van der Waals surface area contributed by atoms with Crippen molar-refractivity contribution in [2.45, 2.75) is 38.0 Å². The molecule has 0 fully saturated rings. The van der Waals surface area contributed by atoms with E-state index in [2.05, 4.69) is 19.8 Å². The first-order valence-electron chi connectivity index (χ1n) is 9.51. The lowest BCUT2D eigenvalue weighted by atomic mass is 10.2. The van der Waals surface area contributed by atoms with Gasteiger partial charge in [-0.25, -0.2) is 22.6 Å². The number of methoxy groups -OCH3 is 1. The number of aryl methyl sites for hydroxylation is 2. The van der Waals surface area contributed by atoms with Crippen LogP contribution in [0.1, 0.15) is 31.8 Å². The average Bonchev–Trinajstić information content (AvgIpc) is 3.07. The van der Waals surface area contributed by atoms with Gasteiger partial charge < -0.3 is 9.72 Å². The molecule has 0 aliphatic heterocycles. The summed E-state index contributed by atoms with van der Waals surface area (Å²) in [6.07, 6.45) is 2.18. The molecule has 0 saturated heterocycles. The third-order valence-electron chi connectivity index (χ3n) is 4.47. The topological polar surface area (TPSA) is 118 Å². The van der Waals surface area contributed by atoms with E-state index in [1.165, 1.54) is 19.2 Å². The first-order chi connectivity index (χ1) is 13.9. The molecule has 0 atom stereocenters. The molecule has 3 rings (SSSR count). The molecule has 0 bridgehead atoms. The van der Waals surface area contributed by atoms with E-state index in [-0.39, 0.29) is 29.4 Å². The summed E-state index contributed by atoms with van der Waals surface area (Å²) in [6.45, 7) is 4.41. The van der Waals surface area contributed by atoms with Gasteiger partial charge in [0, 0.05) is 25.6 Å². The zero-order valence-electron chi connectivity index (χ0n) is 16.7. The average molecular weight is 420 g/mol. The zero-order chi connectivity index (χ0) is 21.0. The molecule has 0 aliphatic carbocycles. The summed E-state index contributed by atoms with van der Waals surface area (Å²) in [4.78, 5) is 20.1. The highest BCUT2D eigenvalue weighted by atomic mass is 32.2. The van der Waals surface area contributed by atoms with Crippen LogP contribution >= 0.6 is 0 Å². The lowest BCUT2D eigenvalue weighted by Gasteiger charge is -2.08. The highest BCUT2D eigenvalue weighted by Crippen LogP contribution is 2.20. The zero-order valence-corrected chi connectivity index (χ0v) is 17.5. The van der Waals surface area contributed by atoms with Crippen LogP contribution in [-0.2, 0) is 27.6 Å². The number of imidazole rings is 1. The van der Waals surface area contributed by atoms with Gasteiger partial charge in [-0.15, -0.1) is 5.10 Å². The standard InChI is InChI=1S/C19H25N5O4S/c1-4-7-16-21-15(5-2)17-19(25)22-18(23-24(16)17)13-8-6-9-14(12-13)29(26,27)20-10-11-28-3/h6,8-9,12,20H,4-5,7,10-11H2,1-3H3,(H,22,23,25). The first kappa shape index (κ1) is 21.2. The molecule has 10 heteroatoms. The van der Waals surface area contributed by atoms with Crippen LogP contribution in [0, 0.1) is 0 Å². The molecule has 0 aliphatic rings. The molecule has 9 nitrogen and oxygen atoms in total. The van der Waals surface area contributed by atoms with Gasteiger partial charge >= 0.3 is 0 Å². The number of benzene rings is 1. The number of H-pyrrole nitrogens is 1. The normalized spacial score (nSPS) is 12.0. The Bertz CT molecular complexity index is 1170.